The monoisotopic (exact) mass is 612 g/mol. The summed E-state index contributed by atoms with van der Waals surface area (Å²) in [5.74, 6) is -0.339. The van der Waals surface area contributed by atoms with Crippen molar-refractivity contribution in [2.24, 2.45) is 0 Å². The number of unbranched alkanes of at least 4 members (excludes halogenated alkanes) is 11. The molecule has 0 aromatic heterocycles. The maximum Gasteiger partial charge on any atom is 0.334 e. The highest BCUT2D eigenvalue weighted by molar-refractivity contribution is 5.90. The minimum absolute atomic E-state index is 0.217. The number of aliphatic hydroxyl groups excluding tert-OH is 5. The lowest BCUT2D eigenvalue weighted by Crippen LogP contribution is -2.31. The fraction of sp³-hybridized carbons (Fsp3) is 0.914. The van der Waals surface area contributed by atoms with Crippen molar-refractivity contribution in [3.63, 3.8) is 0 Å². The summed E-state index contributed by atoms with van der Waals surface area (Å²) in [4.78, 5) is 11.7. The van der Waals surface area contributed by atoms with E-state index in [-0.39, 0.29) is 30.7 Å². The number of cyclic esters (lactones) is 1. The molecule has 2 rings (SSSR count). The van der Waals surface area contributed by atoms with E-state index in [2.05, 4.69) is 6.92 Å². The van der Waals surface area contributed by atoms with E-state index in [9.17, 15) is 30.3 Å². The van der Waals surface area contributed by atoms with Crippen LogP contribution in [0.5, 0.6) is 0 Å². The molecule has 2 aliphatic rings. The molecule has 8 nitrogen and oxygen atoms in total. The van der Waals surface area contributed by atoms with Crippen molar-refractivity contribution in [3.05, 3.63) is 11.6 Å². The zero-order valence-corrected chi connectivity index (χ0v) is 27.2. The standard InChI is InChI=1S/C35H64O8/c1-3-4-5-6-7-8-9-10-11-15-18-31(39)33-21-22-34(43-33)32(40)20-19-30(38)25-29(37)17-14-12-13-16-28(36)24-27-23-26(2)42-35(27)41/h23,26,28-34,36-40H,3-22,24-25H2,1-2H3/t26-,28+,29+,30+,31+,32+,33+,34+/m0/s1. The highest BCUT2D eigenvalue weighted by atomic mass is 16.5. The average Bonchev–Trinajstić information content (AvgIpc) is 3.58. The Kier molecular flexibility index (Phi) is 19.9. The number of esters is 1. The molecule has 2 heterocycles. The van der Waals surface area contributed by atoms with Gasteiger partial charge in [-0.05, 0) is 64.4 Å². The minimum atomic E-state index is -0.688. The van der Waals surface area contributed by atoms with E-state index < -0.39 is 30.5 Å². The van der Waals surface area contributed by atoms with Crippen LogP contribution in [0.15, 0.2) is 11.6 Å². The number of rotatable bonds is 26. The van der Waals surface area contributed by atoms with E-state index in [4.69, 9.17) is 9.47 Å². The Morgan fingerprint density at radius 1 is 0.674 bits per heavy atom. The van der Waals surface area contributed by atoms with Gasteiger partial charge in [0.25, 0.3) is 0 Å². The van der Waals surface area contributed by atoms with Crippen LogP contribution in [-0.4, -0.2) is 80.3 Å². The highest BCUT2D eigenvalue weighted by Gasteiger charge is 2.34. The van der Waals surface area contributed by atoms with Gasteiger partial charge in [-0.15, -0.1) is 0 Å². The Hall–Kier alpha value is -1.03. The third-order valence-corrected chi connectivity index (χ3v) is 9.16. The topological polar surface area (TPSA) is 137 Å². The summed E-state index contributed by atoms with van der Waals surface area (Å²) >= 11 is 0. The number of hydrogen-bond donors (Lipinski definition) is 5. The van der Waals surface area contributed by atoms with Gasteiger partial charge in [-0.25, -0.2) is 4.79 Å². The van der Waals surface area contributed by atoms with Crippen LogP contribution in [0, 0.1) is 0 Å². The Balaban J connectivity index is 1.46. The molecule has 8 heteroatoms. The molecule has 1 saturated heterocycles. The van der Waals surface area contributed by atoms with Crippen LogP contribution in [0.1, 0.15) is 155 Å². The second-order valence-electron chi connectivity index (χ2n) is 13.3. The molecule has 1 fully saturated rings. The lowest BCUT2D eigenvalue weighted by Gasteiger charge is -2.23. The summed E-state index contributed by atoms with van der Waals surface area (Å²) in [7, 11) is 0. The molecule has 0 radical (unpaired) electrons. The first-order chi connectivity index (χ1) is 20.7. The first-order valence-corrected chi connectivity index (χ1v) is 17.7. The fourth-order valence-corrected chi connectivity index (χ4v) is 6.45. The molecule has 5 N–H and O–H groups in total. The summed E-state index contributed by atoms with van der Waals surface area (Å²) in [6.45, 7) is 4.04. The lowest BCUT2D eigenvalue weighted by atomic mass is 9.97. The third kappa shape index (κ3) is 16.7. The van der Waals surface area contributed by atoms with E-state index >= 15 is 0 Å². The SMILES string of the molecule is CCCCCCCCCCCC[C@@H](O)[C@H]1CC[C@H]([C@H](O)CC[C@@H](O)C[C@H](O)CCCCC[C@@H](O)CC2=C[C@H](C)OC2=O)O1. The maximum absolute atomic E-state index is 11.7. The van der Waals surface area contributed by atoms with Crippen LogP contribution >= 0.6 is 0 Å². The second-order valence-corrected chi connectivity index (χ2v) is 13.3. The summed E-state index contributed by atoms with van der Waals surface area (Å²) in [6.07, 6.45) is 17.9. The Bertz CT molecular complexity index is 758. The summed E-state index contributed by atoms with van der Waals surface area (Å²) in [6, 6.07) is 0. The number of ether oxygens (including phenoxy) is 2. The predicted octanol–water partition coefficient (Wildman–Crippen LogP) is 6.03. The third-order valence-electron chi connectivity index (χ3n) is 9.16. The molecule has 43 heavy (non-hydrogen) atoms. The van der Waals surface area contributed by atoms with Crippen molar-refractivity contribution in [2.75, 3.05) is 0 Å². The summed E-state index contributed by atoms with van der Waals surface area (Å²) < 4.78 is 11.1. The average molecular weight is 613 g/mol. The Morgan fingerprint density at radius 2 is 1.16 bits per heavy atom. The van der Waals surface area contributed by atoms with E-state index in [0.29, 0.717) is 37.7 Å². The van der Waals surface area contributed by atoms with E-state index in [0.717, 1.165) is 51.4 Å². The summed E-state index contributed by atoms with van der Waals surface area (Å²) in [5.41, 5.74) is 0.547. The predicted molar refractivity (Wildman–Crippen MR) is 170 cm³/mol. The van der Waals surface area contributed by atoms with Crippen LogP contribution in [0.25, 0.3) is 0 Å². The van der Waals surface area contributed by atoms with Gasteiger partial charge < -0.3 is 35.0 Å². The van der Waals surface area contributed by atoms with Crippen LogP contribution < -0.4 is 0 Å². The number of carbonyl (C=O) groups excluding carboxylic acids is 1. The zero-order valence-electron chi connectivity index (χ0n) is 27.2. The Labute approximate surface area is 261 Å². The van der Waals surface area contributed by atoms with Gasteiger partial charge in [0.05, 0.1) is 42.7 Å². The number of carbonyl (C=O) groups is 1. The first-order valence-electron chi connectivity index (χ1n) is 17.7. The quantitative estimate of drug-likeness (QED) is 0.0590. The fourth-order valence-electron chi connectivity index (χ4n) is 6.45. The molecule has 0 aromatic rings. The molecule has 0 aliphatic carbocycles. The summed E-state index contributed by atoms with van der Waals surface area (Å²) in [5, 5.41) is 52.1. The maximum atomic E-state index is 11.7. The van der Waals surface area contributed by atoms with E-state index in [1.165, 1.54) is 51.4 Å². The molecule has 0 saturated carbocycles. The van der Waals surface area contributed by atoms with E-state index in [1.807, 2.05) is 0 Å². The van der Waals surface area contributed by atoms with Crippen molar-refractivity contribution >= 4 is 5.97 Å². The van der Waals surface area contributed by atoms with Gasteiger partial charge in [-0.1, -0.05) is 90.4 Å². The minimum Gasteiger partial charge on any atom is -0.455 e. The molecule has 0 bridgehead atoms. The van der Waals surface area contributed by atoms with E-state index in [1.54, 1.807) is 13.0 Å². The van der Waals surface area contributed by atoms with Crippen LogP contribution in [0.2, 0.25) is 0 Å². The zero-order chi connectivity index (χ0) is 31.5. The van der Waals surface area contributed by atoms with Crippen molar-refractivity contribution in [3.8, 4) is 0 Å². The molecule has 0 amide bonds. The van der Waals surface area contributed by atoms with Gasteiger partial charge in [-0.2, -0.15) is 0 Å². The van der Waals surface area contributed by atoms with Crippen molar-refractivity contribution < 1.29 is 39.8 Å². The molecule has 0 spiro atoms. The van der Waals surface area contributed by atoms with Crippen LogP contribution in [0.4, 0.5) is 0 Å². The smallest absolute Gasteiger partial charge is 0.334 e. The van der Waals surface area contributed by atoms with Gasteiger partial charge in [0.2, 0.25) is 0 Å². The molecule has 0 unspecified atom stereocenters. The second kappa shape index (κ2) is 22.5. The number of aliphatic hydroxyl groups is 5. The molecular weight excluding hydrogens is 548 g/mol. The Morgan fingerprint density at radius 3 is 1.74 bits per heavy atom. The number of hydrogen-bond acceptors (Lipinski definition) is 8. The van der Waals surface area contributed by atoms with Gasteiger partial charge in [0, 0.05) is 12.0 Å². The molecular formula is C35H64O8. The highest BCUT2D eigenvalue weighted by Crippen LogP contribution is 2.28. The van der Waals surface area contributed by atoms with Crippen molar-refractivity contribution in [2.45, 2.75) is 204 Å². The van der Waals surface area contributed by atoms with Gasteiger partial charge in [0.15, 0.2) is 0 Å². The molecule has 252 valence electrons. The first kappa shape index (κ1) is 38.2. The van der Waals surface area contributed by atoms with Crippen LogP contribution in [0.3, 0.4) is 0 Å². The van der Waals surface area contributed by atoms with Gasteiger partial charge in [0.1, 0.15) is 6.10 Å². The molecule has 8 atom stereocenters. The van der Waals surface area contributed by atoms with Gasteiger partial charge >= 0.3 is 5.97 Å². The largest absolute Gasteiger partial charge is 0.455 e. The molecule has 0 aromatic carbocycles. The van der Waals surface area contributed by atoms with Crippen LogP contribution in [-0.2, 0) is 14.3 Å². The normalized spacial score (nSPS) is 24.0. The van der Waals surface area contributed by atoms with Crippen molar-refractivity contribution in [1.82, 2.24) is 0 Å². The molecule has 2 aliphatic heterocycles. The lowest BCUT2D eigenvalue weighted by molar-refractivity contribution is -0.139. The van der Waals surface area contributed by atoms with Gasteiger partial charge in [-0.3, -0.25) is 0 Å². The van der Waals surface area contributed by atoms with Crippen molar-refractivity contribution in [1.29, 1.82) is 0 Å².